The Labute approximate surface area is 123 Å². The molecule has 20 heavy (non-hydrogen) atoms. The van der Waals surface area contributed by atoms with Crippen LogP contribution in [0.5, 0.6) is 0 Å². The van der Waals surface area contributed by atoms with Crippen LogP contribution in [-0.4, -0.2) is 47.9 Å². The van der Waals surface area contributed by atoms with Crippen molar-refractivity contribution in [1.82, 2.24) is 9.80 Å². The topological polar surface area (TPSA) is 23.6 Å². The summed E-state index contributed by atoms with van der Waals surface area (Å²) in [6, 6.07) is 0.554. The summed E-state index contributed by atoms with van der Waals surface area (Å²) in [5, 5.41) is 0. The largest absolute Gasteiger partial charge is 0.342 e. The number of rotatable bonds is 2. The van der Waals surface area contributed by atoms with E-state index in [1.807, 2.05) is 0 Å². The summed E-state index contributed by atoms with van der Waals surface area (Å²) in [7, 11) is 0. The first-order chi connectivity index (χ1) is 9.86. The van der Waals surface area contributed by atoms with E-state index in [2.05, 4.69) is 9.80 Å². The number of nitrogens with zero attached hydrogens (tertiary/aromatic N) is 2. The van der Waals surface area contributed by atoms with E-state index in [9.17, 15) is 4.79 Å². The molecule has 1 aliphatic carbocycles. The molecule has 3 nitrogen and oxygen atoms in total. The van der Waals surface area contributed by atoms with Gasteiger partial charge in [0.25, 0.3) is 0 Å². The van der Waals surface area contributed by atoms with E-state index < -0.39 is 0 Å². The zero-order chi connectivity index (χ0) is 13.8. The summed E-state index contributed by atoms with van der Waals surface area (Å²) in [6.07, 6.45) is 12.8. The van der Waals surface area contributed by atoms with E-state index in [4.69, 9.17) is 0 Å². The maximum Gasteiger partial charge on any atom is 0.227 e. The van der Waals surface area contributed by atoms with Crippen molar-refractivity contribution in [3.05, 3.63) is 0 Å². The van der Waals surface area contributed by atoms with Gasteiger partial charge in [0.05, 0.1) is 5.92 Å². The number of amides is 1. The fourth-order valence-corrected chi connectivity index (χ4v) is 4.44. The van der Waals surface area contributed by atoms with Crippen molar-refractivity contribution in [2.75, 3.05) is 26.2 Å². The second kappa shape index (κ2) is 6.93. The number of hydrogen-bond donors (Lipinski definition) is 0. The Morgan fingerprint density at radius 3 is 2.00 bits per heavy atom. The molecule has 2 heterocycles. The molecular weight excluding hydrogens is 248 g/mol. The molecule has 0 aromatic heterocycles. The zero-order valence-electron chi connectivity index (χ0n) is 12.9. The van der Waals surface area contributed by atoms with Crippen molar-refractivity contribution < 1.29 is 4.79 Å². The van der Waals surface area contributed by atoms with Gasteiger partial charge in [0.15, 0.2) is 0 Å². The lowest BCUT2D eigenvalue weighted by Gasteiger charge is -2.43. The van der Waals surface area contributed by atoms with Gasteiger partial charge in [0.2, 0.25) is 5.91 Å². The Bertz CT molecular complexity index is 319. The van der Waals surface area contributed by atoms with Crippen LogP contribution >= 0.6 is 0 Å². The van der Waals surface area contributed by atoms with Crippen LogP contribution in [0.15, 0.2) is 0 Å². The average molecular weight is 278 g/mol. The van der Waals surface area contributed by atoms with Crippen molar-refractivity contribution in [1.29, 1.82) is 0 Å². The van der Waals surface area contributed by atoms with Crippen LogP contribution in [0.4, 0.5) is 0 Å². The van der Waals surface area contributed by atoms with Gasteiger partial charge >= 0.3 is 0 Å². The van der Waals surface area contributed by atoms with Gasteiger partial charge in [-0.25, -0.2) is 0 Å². The fourth-order valence-electron chi connectivity index (χ4n) is 4.44. The summed E-state index contributed by atoms with van der Waals surface area (Å²) < 4.78 is 0. The monoisotopic (exact) mass is 278 g/mol. The van der Waals surface area contributed by atoms with Crippen molar-refractivity contribution in [2.24, 2.45) is 5.92 Å². The lowest BCUT2D eigenvalue weighted by Crippen LogP contribution is -2.51. The molecule has 0 aromatic rings. The first-order valence-corrected chi connectivity index (χ1v) is 8.89. The number of piperidine rings is 2. The summed E-state index contributed by atoms with van der Waals surface area (Å²) in [4.78, 5) is 17.7. The normalized spacial score (nSPS) is 33.1. The molecule has 0 unspecified atom stereocenters. The third kappa shape index (κ3) is 3.19. The van der Waals surface area contributed by atoms with E-state index in [1.165, 1.54) is 70.9 Å². The first kappa shape index (κ1) is 14.4. The SMILES string of the molecule is O=C([C@H]1CCCC[C@@H]1N1CCCCC1)N1CCCCC1. The second-order valence-corrected chi connectivity index (χ2v) is 6.94. The molecule has 0 aromatic carbocycles. The minimum Gasteiger partial charge on any atom is -0.342 e. The molecule has 3 aliphatic rings. The van der Waals surface area contributed by atoms with Gasteiger partial charge < -0.3 is 4.90 Å². The Balaban J connectivity index is 1.65. The van der Waals surface area contributed by atoms with E-state index in [0.29, 0.717) is 17.9 Å². The molecule has 2 aliphatic heterocycles. The maximum absolute atomic E-state index is 12.9. The molecule has 1 saturated carbocycles. The zero-order valence-corrected chi connectivity index (χ0v) is 12.9. The predicted molar refractivity (Wildman–Crippen MR) is 81.6 cm³/mol. The number of carbonyl (C=O) groups is 1. The average Bonchev–Trinajstić information content (AvgIpc) is 2.56. The highest BCUT2D eigenvalue weighted by atomic mass is 16.2. The standard InChI is InChI=1S/C17H30N2O/c20-17(19-13-7-2-8-14-19)15-9-3-4-10-16(15)18-11-5-1-6-12-18/h15-16H,1-14H2/t15-,16-/m0/s1. The smallest absolute Gasteiger partial charge is 0.227 e. The van der Waals surface area contributed by atoms with E-state index in [0.717, 1.165) is 19.5 Å². The molecule has 2 saturated heterocycles. The van der Waals surface area contributed by atoms with Crippen molar-refractivity contribution in [2.45, 2.75) is 70.3 Å². The molecule has 1 amide bonds. The number of hydrogen-bond acceptors (Lipinski definition) is 2. The van der Waals surface area contributed by atoms with Crippen LogP contribution in [0.1, 0.15) is 64.2 Å². The lowest BCUT2D eigenvalue weighted by atomic mass is 9.81. The van der Waals surface area contributed by atoms with E-state index in [1.54, 1.807) is 0 Å². The van der Waals surface area contributed by atoms with Crippen molar-refractivity contribution in [3.8, 4) is 0 Å². The van der Waals surface area contributed by atoms with Gasteiger partial charge in [0, 0.05) is 19.1 Å². The van der Waals surface area contributed by atoms with Crippen LogP contribution in [0.2, 0.25) is 0 Å². The highest BCUT2D eigenvalue weighted by Gasteiger charge is 2.37. The van der Waals surface area contributed by atoms with Crippen LogP contribution in [0.3, 0.4) is 0 Å². The molecule has 3 fully saturated rings. The first-order valence-electron chi connectivity index (χ1n) is 8.89. The Morgan fingerprint density at radius 1 is 0.700 bits per heavy atom. The van der Waals surface area contributed by atoms with Gasteiger partial charge in [-0.3, -0.25) is 9.69 Å². The van der Waals surface area contributed by atoms with Gasteiger partial charge in [-0.2, -0.15) is 0 Å². The second-order valence-electron chi connectivity index (χ2n) is 6.94. The molecule has 0 N–H and O–H groups in total. The summed E-state index contributed by atoms with van der Waals surface area (Å²) >= 11 is 0. The molecule has 0 bridgehead atoms. The Morgan fingerprint density at radius 2 is 1.30 bits per heavy atom. The highest BCUT2D eigenvalue weighted by molar-refractivity contribution is 5.79. The third-order valence-electron chi connectivity index (χ3n) is 5.57. The Hall–Kier alpha value is -0.570. The van der Waals surface area contributed by atoms with E-state index >= 15 is 0 Å². The van der Waals surface area contributed by atoms with Crippen LogP contribution < -0.4 is 0 Å². The quantitative estimate of drug-likeness (QED) is 0.775. The van der Waals surface area contributed by atoms with Gasteiger partial charge in [0.1, 0.15) is 0 Å². The molecule has 114 valence electrons. The summed E-state index contributed by atoms with van der Waals surface area (Å²) in [5.74, 6) is 0.792. The van der Waals surface area contributed by atoms with Crippen LogP contribution in [-0.2, 0) is 4.79 Å². The molecule has 2 atom stereocenters. The number of carbonyl (C=O) groups excluding carboxylic acids is 1. The van der Waals surface area contributed by atoms with Crippen molar-refractivity contribution >= 4 is 5.91 Å². The molecule has 3 heteroatoms. The molecular formula is C17H30N2O. The molecule has 0 radical (unpaired) electrons. The summed E-state index contributed by atoms with van der Waals surface area (Å²) in [6.45, 7) is 4.49. The minimum absolute atomic E-state index is 0.306. The Kier molecular flexibility index (Phi) is 4.98. The maximum atomic E-state index is 12.9. The van der Waals surface area contributed by atoms with Gasteiger partial charge in [-0.05, 0) is 58.0 Å². The van der Waals surface area contributed by atoms with Gasteiger partial charge in [-0.15, -0.1) is 0 Å². The van der Waals surface area contributed by atoms with E-state index in [-0.39, 0.29) is 0 Å². The summed E-state index contributed by atoms with van der Waals surface area (Å²) in [5.41, 5.74) is 0. The van der Waals surface area contributed by atoms with Crippen LogP contribution in [0, 0.1) is 5.92 Å². The third-order valence-corrected chi connectivity index (χ3v) is 5.57. The van der Waals surface area contributed by atoms with Crippen molar-refractivity contribution in [3.63, 3.8) is 0 Å². The lowest BCUT2D eigenvalue weighted by molar-refractivity contribution is -0.140. The fraction of sp³-hybridized carbons (Fsp3) is 0.941. The van der Waals surface area contributed by atoms with Crippen LogP contribution in [0.25, 0.3) is 0 Å². The minimum atomic E-state index is 0.306. The molecule has 0 spiro atoms. The highest BCUT2D eigenvalue weighted by Crippen LogP contribution is 2.32. The predicted octanol–water partition coefficient (Wildman–Crippen LogP) is 3.04. The van der Waals surface area contributed by atoms with Gasteiger partial charge in [-0.1, -0.05) is 19.3 Å². The number of likely N-dealkylation sites (tertiary alicyclic amines) is 2. The molecule has 3 rings (SSSR count).